The van der Waals surface area contributed by atoms with Crippen LogP contribution in [0, 0.1) is 0 Å². The van der Waals surface area contributed by atoms with Crippen LogP contribution in [0.15, 0.2) is 0 Å². The number of piperidine rings is 1. The minimum atomic E-state index is 0.509. The Labute approximate surface area is 55.6 Å². The maximum atomic E-state index is 5.53. The van der Waals surface area contributed by atoms with E-state index in [1.54, 1.807) is 0 Å². The van der Waals surface area contributed by atoms with E-state index >= 15 is 0 Å². The van der Waals surface area contributed by atoms with Crippen LogP contribution in [0.3, 0.4) is 0 Å². The fourth-order valence-corrected chi connectivity index (χ4v) is 1.78. The van der Waals surface area contributed by atoms with Gasteiger partial charge in [0.25, 0.3) is 0 Å². The lowest BCUT2D eigenvalue weighted by molar-refractivity contribution is -0.0642. The summed E-state index contributed by atoms with van der Waals surface area (Å²) in [5, 5.41) is 3.49. The summed E-state index contributed by atoms with van der Waals surface area (Å²) in [6.07, 6.45) is 3.09. The van der Waals surface area contributed by atoms with Gasteiger partial charge in [-0.15, -0.1) is 0 Å². The topological polar surface area (TPSA) is 21.3 Å². The van der Waals surface area contributed by atoms with Gasteiger partial charge < -0.3 is 10.1 Å². The van der Waals surface area contributed by atoms with Crippen molar-refractivity contribution in [2.45, 2.75) is 38.0 Å². The predicted molar refractivity (Wildman–Crippen MR) is 35.4 cm³/mol. The SMILES string of the molecule is C[C@H]1NC2CCC1OC2. The highest BCUT2D eigenvalue weighted by Crippen LogP contribution is 2.22. The number of rotatable bonds is 0. The fourth-order valence-electron chi connectivity index (χ4n) is 1.78. The predicted octanol–water partition coefficient (Wildman–Crippen LogP) is 0.526. The summed E-state index contributed by atoms with van der Waals surface area (Å²) in [7, 11) is 0. The first-order valence-electron chi connectivity index (χ1n) is 3.74. The molecule has 0 aliphatic carbocycles. The lowest BCUT2D eigenvalue weighted by Crippen LogP contribution is -2.57. The number of nitrogens with one attached hydrogen (secondary N) is 1. The van der Waals surface area contributed by atoms with Crippen molar-refractivity contribution in [3.05, 3.63) is 0 Å². The van der Waals surface area contributed by atoms with Gasteiger partial charge in [-0.25, -0.2) is 0 Å². The van der Waals surface area contributed by atoms with Crippen molar-refractivity contribution in [3.8, 4) is 0 Å². The largest absolute Gasteiger partial charge is 0.375 e. The minimum absolute atomic E-state index is 0.509. The molecule has 0 amide bonds. The van der Waals surface area contributed by atoms with Gasteiger partial charge in [-0.05, 0) is 19.8 Å². The molecule has 0 aromatic rings. The van der Waals surface area contributed by atoms with Gasteiger partial charge >= 0.3 is 0 Å². The first-order valence-corrected chi connectivity index (χ1v) is 3.74. The Bertz CT molecular complexity index is 107. The molecule has 2 heteroatoms. The Morgan fingerprint density at radius 3 is 2.56 bits per heavy atom. The Morgan fingerprint density at radius 1 is 1.44 bits per heavy atom. The van der Waals surface area contributed by atoms with Crippen molar-refractivity contribution in [1.82, 2.24) is 5.32 Å². The second kappa shape index (κ2) is 1.96. The van der Waals surface area contributed by atoms with Crippen LogP contribution in [0.2, 0.25) is 0 Å². The van der Waals surface area contributed by atoms with Gasteiger partial charge in [-0.2, -0.15) is 0 Å². The lowest BCUT2D eigenvalue weighted by Gasteiger charge is -2.41. The maximum Gasteiger partial charge on any atom is 0.0726 e. The van der Waals surface area contributed by atoms with Gasteiger partial charge in [0.2, 0.25) is 0 Å². The number of ether oxygens (including phenoxy) is 1. The van der Waals surface area contributed by atoms with Crippen LogP contribution in [-0.2, 0) is 4.74 Å². The average Bonchev–Trinajstić information content (AvgIpc) is 1.90. The number of hydrogen-bond acceptors (Lipinski definition) is 2. The molecule has 2 nitrogen and oxygen atoms in total. The van der Waals surface area contributed by atoms with Gasteiger partial charge in [0.15, 0.2) is 0 Å². The molecule has 3 fully saturated rings. The molecule has 0 aromatic carbocycles. The van der Waals surface area contributed by atoms with Crippen molar-refractivity contribution >= 4 is 0 Å². The molecule has 2 bridgehead atoms. The summed E-state index contributed by atoms with van der Waals surface area (Å²) < 4.78 is 5.53. The molecular formula is C7H13NO. The van der Waals surface area contributed by atoms with Gasteiger partial charge in [-0.3, -0.25) is 0 Å². The third-order valence-corrected chi connectivity index (χ3v) is 2.37. The second-order valence-electron chi connectivity index (χ2n) is 3.10. The van der Waals surface area contributed by atoms with E-state index in [9.17, 15) is 0 Å². The normalized spacial score (nSPS) is 49.7. The molecule has 0 aromatic heterocycles. The van der Waals surface area contributed by atoms with Gasteiger partial charge in [-0.1, -0.05) is 0 Å². The van der Waals surface area contributed by atoms with E-state index in [2.05, 4.69) is 12.2 Å². The van der Waals surface area contributed by atoms with Crippen molar-refractivity contribution in [3.63, 3.8) is 0 Å². The number of hydrogen-bond donors (Lipinski definition) is 1. The summed E-state index contributed by atoms with van der Waals surface area (Å²) in [6.45, 7) is 3.14. The van der Waals surface area contributed by atoms with Crippen molar-refractivity contribution < 1.29 is 4.74 Å². The van der Waals surface area contributed by atoms with Gasteiger partial charge in [0.1, 0.15) is 0 Å². The van der Waals surface area contributed by atoms with E-state index in [0.29, 0.717) is 18.2 Å². The van der Waals surface area contributed by atoms with Crippen molar-refractivity contribution in [2.24, 2.45) is 0 Å². The van der Waals surface area contributed by atoms with Crippen molar-refractivity contribution in [1.29, 1.82) is 0 Å². The molecule has 3 aliphatic heterocycles. The highest BCUT2D eigenvalue weighted by atomic mass is 16.5. The summed E-state index contributed by atoms with van der Waals surface area (Å²) in [4.78, 5) is 0. The highest BCUT2D eigenvalue weighted by Gasteiger charge is 2.32. The molecule has 52 valence electrons. The third kappa shape index (κ3) is 0.864. The standard InChI is InChI=1S/C7H13NO/c1-5-7-3-2-6(8-5)4-9-7/h5-8H,2-4H2,1H3/t5-,6?,7?/m1/s1. The summed E-state index contributed by atoms with van der Waals surface area (Å²) in [5.41, 5.74) is 0. The Morgan fingerprint density at radius 2 is 2.33 bits per heavy atom. The van der Waals surface area contributed by atoms with E-state index in [-0.39, 0.29) is 0 Å². The fraction of sp³-hybridized carbons (Fsp3) is 1.00. The Balaban J connectivity index is 2.06. The van der Waals surface area contributed by atoms with Crippen LogP contribution >= 0.6 is 0 Å². The lowest BCUT2D eigenvalue weighted by atomic mass is 9.94. The zero-order valence-corrected chi connectivity index (χ0v) is 5.76. The molecule has 0 saturated carbocycles. The summed E-state index contributed by atoms with van der Waals surface area (Å²) >= 11 is 0. The van der Waals surface area contributed by atoms with Crippen LogP contribution in [-0.4, -0.2) is 24.8 Å². The average molecular weight is 127 g/mol. The van der Waals surface area contributed by atoms with Gasteiger partial charge in [0, 0.05) is 12.1 Å². The third-order valence-electron chi connectivity index (χ3n) is 2.37. The van der Waals surface area contributed by atoms with Crippen LogP contribution in [0.5, 0.6) is 0 Å². The van der Waals surface area contributed by atoms with Crippen LogP contribution in [0.4, 0.5) is 0 Å². The molecule has 3 heterocycles. The van der Waals surface area contributed by atoms with Gasteiger partial charge in [0.05, 0.1) is 12.7 Å². The molecule has 3 saturated heterocycles. The number of fused-ring (bicyclic) bond motifs is 3. The zero-order chi connectivity index (χ0) is 6.27. The molecule has 3 atom stereocenters. The number of morpholine rings is 1. The monoisotopic (exact) mass is 127 g/mol. The Kier molecular flexibility index (Phi) is 1.24. The Hall–Kier alpha value is -0.0800. The molecule has 3 rings (SSSR count). The molecule has 1 N–H and O–H groups in total. The molecule has 0 spiro atoms. The smallest absolute Gasteiger partial charge is 0.0726 e. The van der Waals surface area contributed by atoms with E-state index in [1.165, 1.54) is 12.8 Å². The first kappa shape index (κ1) is 5.69. The summed E-state index contributed by atoms with van der Waals surface area (Å²) in [5.74, 6) is 0. The first-order chi connectivity index (χ1) is 4.36. The molecule has 0 radical (unpaired) electrons. The van der Waals surface area contributed by atoms with Crippen LogP contribution < -0.4 is 5.32 Å². The summed E-state index contributed by atoms with van der Waals surface area (Å²) in [6, 6.07) is 1.25. The highest BCUT2D eigenvalue weighted by molar-refractivity contribution is 4.89. The quantitative estimate of drug-likeness (QED) is 0.512. The van der Waals surface area contributed by atoms with E-state index in [1.807, 2.05) is 0 Å². The molecule has 3 aliphatic rings. The maximum absolute atomic E-state index is 5.53. The van der Waals surface area contributed by atoms with E-state index < -0.39 is 0 Å². The molecule has 9 heavy (non-hydrogen) atoms. The van der Waals surface area contributed by atoms with E-state index in [4.69, 9.17) is 4.74 Å². The molecule has 2 unspecified atom stereocenters. The van der Waals surface area contributed by atoms with Crippen LogP contribution in [0.25, 0.3) is 0 Å². The zero-order valence-electron chi connectivity index (χ0n) is 5.76. The van der Waals surface area contributed by atoms with Crippen molar-refractivity contribution in [2.75, 3.05) is 6.61 Å². The molecular weight excluding hydrogens is 114 g/mol. The second-order valence-corrected chi connectivity index (χ2v) is 3.10. The van der Waals surface area contributed by atoms with E-state index in [0.717, 1.165) is 6.61 Å². The van der Waals surface area contributed by atoms with Crippen LogP contribution in [0.1, 0.15) is 19.8 Å². The minimum Gasteiger partial charge on any atom is -0.375 e.